The first-order chi connectivity index (χ1) is 16.4. The van der Waals surface area contributed by atoms with Crippen molar-refractivity contribution in [2.75, 3.05) is 26.3 Å². The number of ether oxygens (including phenoxy) is 2. The van der Waals surface area contributed by atoms with E-state index in [0.29, 0.717) is 30.9 Å². The Balaban J connectivity index is 1.91. The largest absolute Gasteiger partial charge is 0.482 e. The zero-order valence-corrected chi connectivity index (χ0v) is 21.4. The van der Waals surface area contributed by atoms with E-state index in [0.717, 1.165) is 16.4 Å². The molecule has 34 heavy (non-hydrogen) atoms. The fourth-order valence-corrected chi connectivity index (χ4v) is 4.78. The molecule has 1 aromatic rings. The van der Waals surface area contributed by atoms with Crippen LogP contribution in [0.15, 0.2) is 48.6 Å². The van der Waals surface area contributed by atoms with Crippen molar-refractivity contribution in [1.82, 2.24) is 10.2 Å². The molecule has 1 aliphatic carbocycles. The molecule has 1 fully saturated rings. The summed E-state index contributed by atoms with van der Waals surface area (Å²) in [7, 11) is 0. The van der Waals surface area contributed by atoms with Crippen molar-refractivity contribution >= 4 is 34.4 Å². The highest BCUT2D eigenvalue weighted by Crippen LogP contribution is 2.30. The molecular weight excluding hydrogens is 551 g/mol. The molecule has 1 saturated heterocycles. The van der Waals surface area contributed by atoms with E-state index in [9.17, 15) is 14.7 Å². The lowest BCUT2D eigenvalue weighted by Gasteiger charge is -2.41. The molecule has 186 valence electrons. The third-order valence-electron chi connectivity index (χ3n) is 6.02. The predicted molar refractivity (Wildman–Crippen MR) is 136 cm³/mol. The Labute approximate surface area is 214 Å². The monoisotopic (exact) mass is 584 g/mol. The van der Waals surface area contributed by atoms with Gasteiger partial charge in [0.15, 0.2) is 0 Å². The van der Waals surface area contributed by atoms with Crippen molar-refractivity contribution in [3.8, 4) is 5.75 Å². The van der Waals surface area contributed by atoms with Gasteiger partial charge in [0.1, 0.15) is 18.0 Å². The van der Waals surface area contributed by atoms with Crippen LogP contribution >= 0.6 is 22.6 Å². The molecule has 1 heterocycles. The minimum atomic E-state index is -1.04. The van der Waals surface area contributed by atoms with Crippen LogP contribution in [-0.4, -0.2) is 77.6 Å². The van der Waals surface area contributed by atoms with Crippen LogP contribution < -0.4 is 10.1 Å². The molecule has 3 N–H and O–H groups in total. The Hall–Kier alpha value is -1.95. The number of rotatable bonds is 11. The third kappa shape index (κ3) is 7.03. The van der Waals surface area contributed by atoms with Crippen LogP contribution in [0.3, 0.4) is 0 Å². The van der Waals surface area contributed by atoms with E-state index < -0.39 is 18.2 Å². The summed E-state index contributed by atoms with van der Waals surface area (Å²) in [5.41, 5.74) is 0.411. The number of aliphatic hydroxyl groups excluding tert-OH is 2. The maximum Gasteiger partial charge on any atom is 0.247 e. The van der Waals surface area contributed by atoms with Gasteiger partial charge in [0.25, 0.3) is 0 Å². The molecule has 4 unspecified atom stereocenters. The average Bonchev–Trinajstić information content (AvgIpc) is 3.35. The summed E-state index contributed by atoms with van der Waals surface area (Å²) in [5, 5.41) is 23.2. The number of nitrogens with one attached hydrogen (secondary N) is 1. The predicted octanol–water partition coefficient (Wildman–Crippen LogP) is 2.18. The molecule has 4 atom stereocenters. The van der Waals surface area contributed by atoms with Gasteiger partial charge in [-0.2, -0.15) is 0 Å². The van der Waals surface area contributed by atoms with Crippen LogP contribution in [0.4, 0.5) is 0 Å². The number of para-hydroxylation sites is 1. The van der Waals surface area contributed by atoms with Gasteiger partial charge in [0, 0.05) is 38.1 Å². The number of aliphatic hydroxyl groups is 2. The lowest BCUT2D eigenvalue weighted by molar-refractivity contribution is -0.140. The topological polar surface area (TPSA) is 108 Å². The molecule has 3 rings (SSSR count). The zero-order chi connectivity index (χ0) is 24.5. The Bertz CT molecular complexity index is 886. The maximum absolute atomic E-state index is 13.2. The standard InChI is InChI=1S/C25H33IN2O6/c1-2-3-10-23(30)28(16-18-7-6-13-33-18)20-14-17(25(32)27-11-12-29)15-22(24(20)31)34-21-9-5-4-8-19(21)26/h2,4-5,8-9,15,18,20,22,24,29,31H,1,3,6-7,10-14,16H2,(H,27,32). The minimum Gasteiger partial charge on any atom is -0.482 e. The second-order valence-corrected chi connectivity index (χ2v) is 9.62. The third-order valence-corrected chi connectivity index (χ3v) is 6.91. The first-order valence-electron chi connectivity index (χ1n) is 11.7. The van der Waals surface area contributed by atoms with Crippen LogP contribution in [0.2, 0.25) is 0 Å². The quantitative estimate of drug-likeness (QED) is 0.272. The zero-order valence-electron chi connectivity index (χ0n) is 19.2. The summed E-state index contributed by atoms with van der Waals surface area (Å²) in [6, 6.07) is 6.76. The van der Waals surface area contributed by atoms with Crippen LogP contribution in [0.5, 0.6) is 5.75 Å². The van der Waals surface area contributed by atoms with Crippen molar-refractivity contribution in [3.63, 3.8) is 0 Å². The number of hydrogen-bond donors (Lipinski definition) is 3. The fraction of sp³-hybridized carbons (Fsp3) is 0.520. The normalized spacial score (nSPS) is 24.3. The summed E-state index contributed by atoms with van der Waals surface area (Å²) < 4.78 is 12.8. The van der Waals surface area contributed by atoms with E-state index in [1.807, 2.05) is 18.2 Å². The molecule has 0 saturated carbocycles. The van der Waals surface area contributed by atoms with Crippen LogP contribution in [0, 0.1) is 3.57 Å². The Morgan fingerprint density at radius 1 is 1.35 bits per heavy atom. The molecule has 8 nitrogen and oxygen atoms in total. The van der Waals surface area contributed by atoms with E-state index >= 15 is 0 Å². The van der Waals surface area contributed by atoms with Crippen molar-refractivity contribution in [1.29, 1.82) is 0 Å². The van der Waals surface area contributed by atoms with Gasteiger partial charge in [-0.05, 0) is 60.1 Å². The van der Waals surface area contributed by atoms with Gasteiger partial charge in [0.2, 0.25) is 11.8 Å². The number of allylic oxidation sites excluding steroid dienone is 1. The molecule has 2 aliphatic rings. The Kier molecular flexibility index (Phi) is 10.4. The molecule has 0 bridgehead atoms. The summed E-state index contributed by atoms with van der Waals surface area (Å²) in [5.74, 6) is 0.116. The molecule has 0 aromatic heterocycles. The van der Waals surface area contributed by atoms with Gasteiger partial charge in [-0.15, -0.1) is 6.58 Å². The molecule has 0 radical (unpaired) electrons. The fourth-order valence-electron chi connectivity index (χ4n) is 4.27. The maximum atomic E-state index is 13.2. The highest BCUT2D eigenvalue weighted by Gasteiger charge is 2.41. The lowest BCUT2D eigenvalue weighted by Crippen LogP contribution is -2.56. The van der Waals surface area contributed by atoms with Gasteiger partial charge in [-0.1, -0.05) is 18.2 Å². The molecule has 2 amide bonds. The Morgan fingerprint density at radius 2 is 2.15 bits per heavy atom. The van der Waals surface area contributed by atoms with E-state index in [2.05, 4.69) is 34.5 Å². The van der Waals surface area contributed by atoms with Crippen molar-refractivity contribution in [2.45, 2.75) is 56.5 Å². The summed E-state index contributed by atoms with van der Waals surface area (Å²) >= 11 is 2.15. The smallest absolute Gasteiger partial charge is 0.247 e. The van der Waals surface area contributed by atoms with E-state index in [1.54, 1.807) is 23.1 Å². The summed E-state index contributed by atoms with van der Waals surface area (Å²) in [6.45, 7) is 4.64. The summed E-state index contributed by atoms with van der Waals surface area (Å²) in [4.78, 5) is 27.7. The highest BCUT2D eigenvalue weighted by atomic mass is 127. The SMILES string of the molecule is C=CCCC(=O)N(CC1CCCO1)C1CC(C(=O)NCCO)=CC(Oc2ccccc2I)C1O. The number of amides is 2. The average molecular weight is 584 g/mol. The lowest BCUT2D eigenvalue weighted by atomic mass is 9.87. The van der Waals surface area contributed by atoms with E-state index in [1.165, 1.54) is 0 Å². The van der Waals surface area contributed by atoms with Gasteiger partial charge < -0.3 is 29.9 Å². The highest BCUT2D eigenvalue weighted by molar-refractivity contribution is 14.1. The van der Waals surface area contributed by atoms with Crippen LogP contribution in [0.25, 0.3) is 0 Å². The number of benzene rings is 1. The first-order valence-corrected chi connectivity index (χ1v) is 12.7. The van der Waals surface area contributed by atoms with Crippen LogP contribution in [-0.2, 0) is 14.3 Å². The van der Waals surface area contributed by atoms with Gasteiger partial charge >= 0.3 is 0 Å². The number of nitrogens with zero attached hydrogens (tertiary/aromatic N) is 1. The molecular formula is C25H33IN2O6. The number of hydrogen-bond acceptors (Lipinski definition) is 6. The first kappa shape index (κ1) is 26.7. The van der Waals surface area contributed by atoms with E-state index in [-0.39, 0.29) is 43.9 Å². The van der Waals surface area contributed by atoms with Gasteiger partial charge in [-0.3, -0.25) is 9.59 Å². The molecule has 9 heteroatoms. The minimum absolute atomic E-state index is 0.105. The van der Waals surface area contributed by atoms with Crippen molar-refractivity contribution in [2.24, 2.45) is 0 Å². The number of carbonyl (C=O) groups is 2. The van der Waals surface area contributed by atoms with Crippen molar-refractivity contribution < 1.29 is 29.3 Å². The van der Waals surface area contributed by atoms with Crippen LogP contribution in [0.1, 0.15) is 32.1 Å². The molecule has 0 spiro atoms. The van der Waals surface area contributed by atoms with Crippen molar-refractivity contribution in [3.05, 3.63) is 52.1 Å². The second kappa shape index (κ2) is 13.2. The number of halogens is 1. The Morgan fingerprint density at radius 3 is 2.82 bits per heavy atom. The van der Waals surface area contributed by atoms with Gasteiger partial charge in [-0.25, -0.2) is 0 Å². The number of carbonyl (C=O) groups excluding carboxylic acids is 2. The molecule has 1 aromatic carbocycles. The summed E-state index contributed by atoms with van der Waals surface area (Å²) in [6.07, 6.45) is 4.07. The molecule has 1 aliphatic heterocycles. The second-order valence-electron chi connectivity index (χ2n) is 8.45. The van der Waals surface area contributed by atoms with E-state index in [4.69, 9.17) is 14.6 Å². The van der Waals surface area contributed by atoms with Gasteiger partial charge in [0.05, 0.1) is 22.3 Å².